The number of para-hydroxylation sites is 1. The largest absolute Gasteiger partial charge is 0.366 e. The van der Waals surface area contributed by atoms with Crippen LogP contribution < -0.4 is 10.6 Å². The van der Waals surface area contributed by atoms with Crippen molar-refractivity contribution in [2.45, 2.75) is 45.7 Å². The monoisotopic (exact) mass is 250 g/mol. The number of halogens is 1. The van der Waals surface area contributed by atoms with Gasteiger partial charge in [-0.15, -0.1) is 0 Å². The fraction of sp³-hybridized carbons (Fsp3) is 0.600. The van der Waals surface area contributed by atoms with E-state index in [2.05, 4.69) is 18.7 Å². The van der Waals surface area contributed by atoms with E-state index in [0.717, 1.165) is 17.8 Å². The van der Waals surface area contributed by atoms with Crippen LogP contribution in [0, 0.1) is 11.7 Å². The van der Waals surface area contributed by atoms with Crippen LogP contribution in [-0.4, -0.2) is 12.6 Å². The molecule has 1 aliphatic rings. The molecular formula is C15H23FN2. The number of anilines is 1. The Morgan fingerprint density at radius 1 is 1.33 bits per heavy atom. The Morgan fingerprint density at radius 2 is 2.00 bits per heavy atom. The Labute approximate surface area is 109 Å². The van der Waals surface area contributed by atoms with Gasteiger partial charge in [0.25, 0.3) is 0 Å². The van der Waals surface area contributed by atoms with Crippen LogP contribution >= 0.6 is 0 Å². The zero-order valence-electron chi connectivity index (χ0n) is 11.5. The molecule has 1 fully saturated rings. The van der Waals surface area contributed by atoms with E-state index in [4.69, 9.17) is 5.73 Å². The molecule has 0 bridgehead atoms. The molecule has 2 N–H and O–H groups in total. The van der Waals surface area contributed by atoms with Gasteiger partial charge < -0.3 is 10.6 Å². The molecule has 1 aliphatic carbocycles. The SMILES string of the molecule is CC(C)CN(c1c(F)cccc1[C@@H](C)N)C1CC1. The van der Waals surface area contributed by atoms with Crippen molar-refractivity contribution in [3.8, 4) is 0 Å². The number of hydrogen-bond donors (Lipinski definition) is 1. The van der Waals surface area contributed by atoms with Crippen LogP contribution in [0.15, 0.2) is 18.2 Å². The minimum Gasteiger partial charge on any atom is -0.366 e. The highest BCUT2D eigenvalue weighted by Gasteiger charge is 2.32. The van der Waals surface area contributed by atoms with Crippen LogP contribution in [-0.2, 0) is 0 Å². The second kappa shape index (κ2) is 5.27. The van der Waals surface area contributed by atoms with Gasteiger partial charge in [-0.2, -0.15) is 0 Å². The van der Waals surface area contributed by atoms with Crippen LogP contribution in [0.1, 0.15) is 45.2 Å². The van der Waals surface area contributed by atoms with Gasteiger partial charge in [-0.25, -0.2) is 4.39 Å². The van der Waals surface area contributed by atoms with Crippen molar-refractivity contribution in [2.24, 2.45) is 11.7 Å². The van der Waals surface area contributed by atoms with Gasteiger partial charge in [0.15, 0.2) is 0 Å². The summed E-state index contributed by atoms with van der Waals surface area (Å²) < 4.78 is 14.2. The molecule has 1 saturated carbocycles. The average Bonchev–Trinajstić information content (AvgIpc) is 3.09. The molecule has 0 aromatic heterocycles. The molecule has 0 amide bonds. The molecular weight excluding hydrogens is 227 g/mol. The maximum absolute atomic E-state index is 14.2. The Balaban J connectivity index is 2.39. The Hall–Kier alpha value is -1.09. The number of hydrogen-bond acceptors (Lipinski definition) is 2. The van der Waals surface area contributed by atoms with Crippen LogP contribution in [0.4, 0.5) is 10.1 Å². The van der Waals surface area contributed by atoms with Gasteiger partial charge in [0.2, 0.25) is 0 Å². The van der Waals surface area contributed by atoms with Gasteiger partial charge in [0.05, 0.1) is 5.69 Å². The smallest absolute Gasteiger partial charge is 0.146 e. The molecule has 0 unspecified atom stereocenters. The summed E-state index contributed by atoms with van der Waals surface area (Å²) in [5.41, 5.74) is 7.62. The van der Waals surface area contributed by atoms with E-state index in [0.29, 0.717) is 12.0 Å². The molecule has 0 radical (unpaired) electrons. The van der Waals surface area contributed by atoms with Crippen molar-refractivity contribution < 1.29 is 4.39 Å². The Morgan fingerprint density at radius 3 is 2.50 bits per heavy atom. The van der Waals surface area contributed by atoms with Crippen molar-refractivity contribution in [1.82, 2.24) is 0 Å². The standard InChI is InChI=1S/C15H23FN2/c1-10(2)9-18(12-7-8-12)15-13(11(3)17)5-4-6-14(15)16/h4-6,10-12H,7-9,17H2,1-3H3/t11-/m1/s1. The summed E-state index contributed by atoms with van der Waals surface area (Å²) >= 11 is 0. The summed E-state index contributed by atoms with van der Waals surface area (Å²) in [6.07, 6.45) is 2.33. The molecule has 3 heteroatoms. The first-order valence-electron chi connectivity index (χ1n) is 6.81. The van der Waals surface area contributed by atoms with Crippen LogP contribution in [0.5, 0.6) is 0 Å². The summed E-state index contributed by atoms with van der Waals surface area (Å²) in [4.78, 5) is 2.22. The van der Waals surface area contributed by atoms with Gasteiger partial charge in [0, 0.05) is 18.6 Å². The van der Waals surface area contributed by atoms with Gasteiger partial charge in [0.1, 0.15) is 5.82 Å². The molecule has 100 valence electrons. The summed E-state index contributed by atoms with van der Waals surface area (Å²) in [6.45, 7) is 7.15. The second-order valence-electron chi connectivity index (χ2n) is 5.74. The first-order valence-corrected chi connectivity index (χ1v) is 6.81. The predicted octanol–water partition coefficient (Wildman–Crippen LogP) is 3.47. The summed E-state index contributed by atoms with van der Waals surface area (Å²) in [6, 6.07) is 5.60. The minimum atomic E-state index is -0.141. The van der Waals surface area contributed by atoms with E-state index in [9.17, 15) is 4.39 Å². The quantitative estimate of drug-likeness (QED) is 0.867. The minimum absolute atomic E-state index is 0.135. The Bertz CT molecular complexity index is 411. The third kappa shape index (κ3) is 2.83. The summed E-state index contributed by atoms with van der Waals surface area (Å²) in [5.74, 6) is 0.378. The van der Waals surface area contributed by atoms with Crippen molar-refractivity contribution in [3.05, 3.63) is 29.6 Å². The first kappa shape index (κ1) is 13.3. The maximum atomic E-state index is 14.2. The topological polar surface area (TPSA) is 29.3 Å². The summed E-state index contributed by atoms with van der Waals surface area (Å²) in [7, 11) is 0. The Kier molecular flexibility index (Phi) is 3.91. The molecule has 0 spiro atoms. The fourth-order valence-corrected chi connectivity index (χ4v) is 2.40. The maximum Gasteiger partial charge on any atom is 0.146 e. The molecule has 0 saturated heterocycles. The molecule has 0 heterocycles. The lowest BCUT2D eigenvalue weighted by atomic mass is 10.0. The van der Waals surface area contributed by atoms with Crippen LogP contribution in [0.2, 0.25) is 0 Å². The average molecular weight is 250 g/mol. The molecule has 18 heavy (non-hydrogen) atoms. The second-order valence-corrected chi connectivity index (χ2v) is 5.74. The van der Waals surface area contributed by atoms with Gasteiger partial charge in [-0.3, -0.25) is 0 Å². The van der Waals surface area contributed by atoms with Gasteiger partial charge in [-0.1, -0.05) is 26.0 Å². The zero-order valence-corrected chi connectivity index (χ0v) is 11.5. The molecule has 1 aromatic carbocycles. The van der Waals surface area contributed by atoms with E-state index in [-0.39, 0.29) is 11.9 Å². The number of nitrogens with zero attached hydrogens (tertiary/aromatic N) is 1. The fourth-order valence-electron chi connectivity index (χ4n) is 2.40. The lowest BCUT2D eigenvalue weighted by Crippen LogP contribution is -2.32. The van der Waals surface area contributed by atoms with Crippen molar-refractivity contribution in [2.75, 3.05) is 11.4 Å². The zero-order chi connectivity index (χ0) is 13.3. The van der Waals surface area contributed by atoms with E-state index in [1.807, 2.05) is 13.0 Å². The van der Waals surface area contributed by atoms with Gasteiger partial charge in [-0.05, 0) is 37.3 Å². The molecule has 1 atom stereocenters. The molecule has 0 aliphatic heterocycles. The van der Waals surface area contributed by atoms with E-state index in [1.54, 1.807) is 6.07 Å². The summed E-state index contributed by atoms with van der Waals surface area (Å²) in [5, 5.41) is 0. The van der Waals surface area contributed by atoms with E-state index >= 15 is 0 Å². The van der Waals surface area contributed by atoms with E-state index in [1.165, 1.54) is 18.9 Å². The lowest BCUT2D eigenvalue weighted by molar-refractivity contribution is 0.572. The van der Waals surface area contributed by atoms with Crippen molar-refractivity contribution >= 4 is 5.69 Å². The molecule has 1 aromatic rings. The normalized spacial score (nSPS) is 17.0. The third-order valence-electron chi connectivity index (χ3n) is 3.35. The van der Waals surface area contributed by atoms with Crippen molar-refractivity contribution in [1.29, 1.82) is 0 Å². The number of rotatable bonds is 5. The highest BCUT2D eigenvalue weighted by Crippen LogP contribution is 2.37. The number of nitrogens with two attached hydrogens (primary N) is 1. The van der Waals surface area contributed by atoms with Gasteiger partial charge >= 0.3 is 0 Å². The van der Waals surface area contributed by atoms with Crippen molar-refractivity contribution in [3.63, 3.8) is 0 Å². The highest BCUT2D eigenvalue weighted by atomic mass is 19.1. The number of benzene rings is 1. The lowest BCUT2D eigenvalue weighted by Gasteiger charge is -2.30. The highest BCUT2D eigenvalue weighted by molar-refractivity contribution is 5.57. The van der Waals surface area contributed by atoms with E-state index < -0.39 is 0 Å². The predicted molar refractivity (Wildman–Crippen MR) is 74.2 cm³/mol. The molecule has 2 nitrogen and oxygen atoms in total. The third-order valence-corrected chi connectivity index (χ3v) is 3.35. The molecule has 2 rings (SSSR count). The van der Waals surface area contributed by atoms with Crippen LogP contribution in [0.25, 0.3) is 0 Å². The first-order chi connectivity index (χ1) is 8.50. The van der Waals surface area contributed by atoms with Crippen LogP contribution in [0.3, 0.4) is 0 Å².